The third-order valence-electron chi connectivity index (χ3n) is 2.04. The molecular weight excluding hydrogens is 263 g/mol. The van der Waals surface area contributed by atoms with Crippen molar-refractivity contribution < 1.29 is 9.18 Å². The zero-order valence-electron chi connectivity index (χ0n) is 8.61. The lowest BCUT2D eigenvalue weighted by atomic mass is 10.1. The van der Waals surface area contributed by atoms with Crippen LogP contribution >= 0.6 is 22.9 Å². The topological polar surface area (TPSA) is 42.0 Å². The van der Waals surface area contributed by atoms with Gasteiger partial charge in [0.1, 0.15) is 5.82 Å². The average molecular weight is 271 g/mol. The van der Waals surface area contributed by atoms with Gasteiger partial charge in [-0.2, -0.15) is 0 Å². The fourth-order valence-electron chi connectivity index (χ4n) is 1.29. The van der Waals surface area contributed by atoms with Gasteiger partial charge in [0.15, 0.2) is 5.13 Å². The Bertz CT molecular complexity index is 530. The van der Waals surface area contributed by atoms with Crippen LogP contribution < -0.4 is 5.32 Å². The maximum absolute atomic E-state index is 13.4. The second kappa shape index (κ2) is 5.25. The van der Waals surface area contributed by atoms with E-state index in [0.29, 0.717) is 15.7 Å². The van der Waals surface area contributed by atoms with Crippen LogP contribution in [0.2, 0.25) is 5.02 Å². The normalized spacial score (nSPS) is 10.2. The van der Waals surface area contributed by atoms with Crippen LogP contribution in [0.4, 0.5) is 9.52 Å². The number of benzene rings is 1. The van der Waals surface area contributed by atoms with E-state index >= 15 is 0 Å². The van der Waals surface area contributed by atoms with Gasteiger partial charge in [0.05, 0.1) is 6.42 Å². The Morgan fingerprint density at radius 2 is 2.35 bits per heavy atom. The first kappa shape index (κ1) is 12.0. The molecule has 2 aromatic rings. The summed E-state index contributed by atoms with van der Waals surface area (Å²) < 4.78 is 13.4. The summed E-state index contributed by atoms with van der Waals surface area (Å²) in [6, 6.07) is 4.24. The summed E-state index contributed by atoms with van der Waals surface area (Å²) in [4.78, 5) is 15.5. The first-order chi connectivity index (χ1) is 8.15. The molecule has 0 radical (unpaired) electrons. The quantitative estimate of drug-likeness (QED) is 0.931. The Hall–Kier alpha value is -1.46. The molecule has 1 aromatic carbocycles. The minimum atomic E-state index is -0.480. The number of hydrogen-bond donors (Lipinski definition) is 1. The second-order valence-electron chi connectivity index (χ2n) is 3.30. The fraction of sp³-hybridized carbons (Fsp3) is 0.0909. The number of carbonyl (C=O) groups is 1. The molecule has 1 amide bonds. The van der Waals surface area contributed by atoms with Gasteiger partial charge in [-0.1, -0.05) is 17.7 Å². The molecule has 0 aliphatic heterocycles. The van der Waals surface area contributed by atoms with Crippen molar-refractivity contribution in [2.45, 2.75) is 6.42 Å². The van der Waals surface area contributed by atoms with Crippen LogP contribution in [-0.4, -0.2) is 10.9 Å². The number of nitrogens with one attached hydrogen (secondary N) is 1. The smallest absolute Gasteiger partial charge is 0.230 e. The van der Waals surface area contributed by atoms with E-state index in [0.717, 1.165) is 0 Å². The van der Waals surface area contributed by atoms with Gasteiger partial charge in [-0.15, -0.1) is 11.3 Å². The summed E-state index contributed by atoms with van der Waals surface area (Å²) in [6.45, 7) is 0. The third kappa shape index (κ3) is 3.25. The monoisotopic (exact) mass is 270 g/mol. The highest BCUT2D eigenvalue weighted by molar-refractivity contribution is 7.13. The van der Waals surface area contributed by atoms with E-state index in [2.05, 4.69) is 10.3 Å². The maximum Gasteiger partial charge on any atom is 0.230 e. The predicted octanol–water partition coefficient (Wildman–Crippen LogP) is 3.12. The van der Waals surface area contributed by atoms with Gasteiger partial charge in [0.25, 0.3) is 0 Å². The van der Waals surface area contributed by atoms with Crippen LogP contribution in [0.3, 0.4) is 0 Å². The van der Waals surface area contributed by atoms with Crippen molar-refractivity contribution in [1.29, 1.82) is 0 Å². The van der Waals surface area contributed by atoms with Crippen LogP contribution in [0.25, 0.3) is 0 Å². The molecule has 17 heavy (non-hydrogen) atoms. The van der Waals surface area contributed by atoms with E-state index in [4.69, 9.17) is 11.6 Å². The molecule has 0 aliphatic carbocycles. The first-order valence-electron chi connectivity index (χ1n) is 4.78. The first-order valence-corrected chi connectivity index (χ1v) is 6.04. The fourth-order valence-corrected chi connectivity index (χ4v) is 1.99. The second-order valence-corrected chi connectivity index (χ2v) is 4.63. The lowest BCUT2D eigenvalue weighted by Crippen LogP contribution is -2.14. The third-order valence-corrected chi connectivity index (χ3v) is 2.97. The minimum absolute atomic E-state index is 0.0391. The SMILES string of the molecule is O=C(Cc1ccc(Cl)cc1F)Nc1nccs1. The van der Waals surface area contributed by atoms with Gasteiger partial charge in [-0.05, 0) is 17.7 Å². The Labute approximate surface area is 106 Å². The van der Waals surface area contributed by atoms with E-state index in [-0.39, 0.29) is 12.3 Å². The van der Waals surface area contributed by atoms with Gasteiger partial charge in [0, 0.05) is 16.6 Å². The molecule has 0 fully saturated rings. The van der Waals surface area contributed by atoms with Crippen LogP contribution in [0.15, 0.2) is 29.8 Å². The largest absolute Gasteiger partial charge is 0.302 e. The predicted molar refractivity (Wildman–Crippen MR) is 65.9 cm³/mol. The summed E-state index contributed by atoms with van der Waals surface area (Å²) in [5, 5.41) is 5.15. The molecule has 0 unspecified atom stereocenters. The van der Waals surface area contributed by atoms with E-state index in [1.165, 1.54) is 23.5 Å². The average Bonchev–Trinajstić information content (AvgIpc) is 2.75. The molecule has 0 saturated heterocycles. The van der Waals surface area contributed by atoms with Gasteiger partial charge < -0.3 is 5.32 Å². The standard InChI is InChI=1S/C11H8ClFN2OS/c12-8-2-1-7(9(13)6-8)5-10(16)15-11-14-3-4-17-11/h1-4,6H,5H2,(H,14,15,16). The Morgan fingerprint density at radius 1 is 1.53 bits per heavy atom. The molecule has 0 bridgehead atoms. The van der Waals surface area contributed by atoms with E-state index < -0.39 is 5.82 Å². The van der Waals surface area contributed by atoms with Crippen molar-refractivity contribution in [3.05, 3.63) is 46.2 Å². The molecule has 2 rings (SSSR count). The number of amides is 1. The number of nitrogens with zero attached hydrogens (tertiary/aromatic N) is 1. The van der Waals surface area contributed by atoms with Crippen molar-refractivity contribution in [2.75, 3.05) is 5.32 Å². The van der Waals surface area contributed by atoms with Crippen LogP contribution in [0.1, 0.15) is 5.56 Å². The number of rotatable bonds is 3. The number of aromatic nitrogens is 1. The Kier molecular flexibility index (Phi) is 3.71. The number of thiazole rings is 1. The zero-order valence-corrected chi connectivity index (χ0v) is 10.2. The number of hydrogen-bond acceptors (Lipinski definition) is 3. The molecule has 0 atom stereocenters. The van der Waals surface area contributed by atoms with E-state index in [1.807, 2.05) is 0 Å². The number of carbonyl (C=O) groups excluding carboxylic acids is 1. The lowest BCUT2D eigenvalue weighted by molar-refractivity contribution is -0.115. The Morgan fingerprint density at radius 3 is 3.00 bits per heavy atom. The van der Waals surface area contributed by atoms with Crippen LogP contribution in [0.5, 0.6) is 0 Å². The van der Waals surface area contributed by atoms with Crippen molar-refractivity contribution in [2.24, 2.45) is 0 Å². The van der Waals surface area contributed by atoms with Crippen LogP contribution in [0, 0.1) is 5.82 Å². The molecule has 3 nitrogen and oxygen atoms in total. The summed E-state index contributed by atoms with van der Waals surface area (Å²) >= 11 is 6.93. The van der Waals surface area contributed by atoms with Crippen LogP contribution in [-0.2, 0) is 11.2 Å². The van der Waals surface area contributed by atoms with Crippen molar-refractivity contribution in [1.82, 2.24) is 4.98 Å². The lowest BCUT2D eigenvalue weighted by Gasteiger charge is -2.03. The number of anilines is 1. The molecule has 1 N–H and O–H groups in total. The van der Waals surface area contributed by atoms with Crippen molar-refractivity contribution >= 4 is 34.0 Å². The highest BCUT2D eigenvalue weighted by Crippen LogP contribution is 2.16. The molecule has 0 spiro atoms. The summed E-state index contributed by atoms with van der Waals surface area (Å²) in [6.07, 6.45) is 1.55. The van der Waals surface area contributed by atoms with Crippen molar-refractivity contribution in [3.8, 4) is 0 Å². The maximum atomic E-state index is 13.4. The molecule has 6 heteroatoms. The molecular formula is C11H8ClFN2OS. The number of halogens is 2. The van der Waals surface area contributed by atoms with E-state index in [9.17, 15) is 9.18 Å². The molecule has 1 aromatic heterocycles. The molecule has 0 aliphatic rings. The molecule has 0 saturated carbocycles. The molecule has 1 heterocycles. The van der Waals surface area contributed by atoms with Gasteiger partial charge in [-0.3, -0.25) is 4.79 Å². The van der Waals surface area contributed by atoms with E-state index in [1.54, 1.807) is 17.6 Å². The van der Waals surface area contributed by atoms with Gasteiger partial charge in [0.2, 0.25) is 5.91 Å². The van der Waals surface area contributed by atoms with Crippen molar-refractivity contribution in [3.63, 3.8) is 0 Å². The van der Waals surface area contributed by atoms with Gasteiger partial charge >= 0.3 is 0 Å². The summed E-state index contributed by atoms with van der Waals surface area (Å²) in [5.41, 5.74) is 0.309. The minimum Gasteiger partial charge on any atom is -0.302 e. The molecule has 88 valence electrons. The highest BCUT2D eigenvalue weighted by atomic mass is 35.5. The van der Waals surface area contributed by atoms with Gasteiger partial charge in [-0.25, -0.2) is 9.37 Å². The Balaban J connectivity index is 2.03. The summed E-state index contributed by atoms with van der Waals surface area (Å²) in [5.74, 6) is -0.784. The summed E-state index contributed by atoms with van der Waals surface area (Å²) in [7, 11) is 0. The highest BCUT2D eigenvalue weighted by Gasteiger charge is 2.09. The zero-order chi connectivity index (χ0) is 12.3.